The van der Waals surface area contributed by atoms with E-state index >= 15 is 0 Å². The van der Waals surface area contributed by atoms with E-state index in [9.17, 15) is 0 Å². The second-order valence-corrected chi connectivity index (χ2v) is 16.0. The van der Waals surface area contributed by atoms with Crippen molar-refractivity contribution in [3.63, 3.8) is 0 Å². The molecule has 0 bridgehead atoms. The average Bonchev–Trinajstić information content (AvgIpc) is 3.91. The van der Waals surface area contributed by atoms with Gasteiger partial charge in [0.25, 0.3) is 0 Å². The van der Waals surface area contributed by atoms with Gasteiger partial charge in [0.05, 0.1) is 44.7 Å². The molecular formula is C57H42N4. The Kier molecular flexibility index (Phi) is 8.01. The molecule has 10 aromatic rings. The van der Waals surface area contributed by atoms with Gasteiger partial charge in [-0.15, -0.1) is 0 Å². The molecule has 0 N–H and O–H groups in total. The lowest BCUT2D eigenvalue weighted by Crippen LogP contribution is -2.02. The summed E-state index contributed by atoms with van der Waals surface area (Å²) in [6.45, 7) is 6.34. The van der Waals surface area contributed by atoms with Crippen LogP contribution in [-0.2, 0) is 12.8 Å². The van der Waals surface area contributed by atoms with Crippen LogP contribution in [0.5, 0.6) is 0 Å². The lowest BCUT2D eigenvalue weighted by Gasteiger charge is -2.16. The monoisotopic (exact) mass is 782 g/mol. The first-order chi connectivity index (χ1) is 30.2. The zero-order valence-corrected chi connectivity index (χ0v) is 34.0. The van der Waals surface area contributed by atoms with Gasteiger partial charge in [-0.1, -0.05) is 128 Å². The highest BCUT2D eigenvalue weighted by atomic mass is 15.1. The first-order valence-corrected chi connectivity index (χ1v) is 21.2. The minimum atomic E-state index is 0.846. The number of para-hydroxylation sites is 4. The molecule has 0 saturated heterocycles. The number of nitrogens with zero attached hydrogens (tertiary/aromatic N) is 4. The second kappa shape index (κ2) is 13.9. The summed E-state index contributed by atoms with van der Waals surface area (Å²) in [6.07, 6.45) is 23.7. The molecule has 4 nitrogen and oxygen atoms in total. The van der Waals surface area contributed by atoms with Crippen LogP contribution >= 0.6 is 0 Å². The van der Waals surface area contributed by atoms with Gasteiger partial charge in [-0.05, 0) is 110 Å². The lowest BCUT2D eigenvalue weighted by molar-refractivity contribution is 1.04. The SMILES string of the molecule is C=C/C(=C\C=C/C)n1c2ccccc2c2ccc3c(c4ccccc4n3-c3cccc(-n4c5c(c6ccccc64)CC=Cc4c-5c5c(n4-c4ccccc4)C=CC=CC5)c3)c21. The standard InChI is InChI=1S/C57H42N4/c1-3-5-20-38(4-2)60-48-31-15-13-26-43(48)45-35-36-53-55(57(45)60)47-28-14-17-33-51(47)59(53)40-23-18-24-41(37-40)61-49-32-16-12-25-42(49)44-29-19-34-52-54(56(44)61)46-27-10-7-11-30-50(46)58(52)39-21-8-6-9-22-39/h3-26,28,30-37H,2,27,29H2,1H3/b5-3-,38-20+. The molecule has 6 aromatic carbocycles. The summed E-state index contributed by atoms with van der Waals surface area (Å²) in [6, 6.07) is 51.2. The van der Waals surface area contributed by atoms with Gasteiger partial charge in [-0.2, -0.15) is 0 Å². The van der Waals surface area contributed by atoms with Crippen molar-refractivity contribution in [3.8, 4) is 28.3 Å². The zero-order chi connectivity index (χ0) is 40.6. The fourth-order valence-corrected chi connectivity index (χ4v) is 10.3. The molecule has 4 heteroatoms. The summed E-state index contributed by atoms with van der Waals surface area (Å²) in [4.78, 5) is 0. The van der Waals surface area contributed by atoms with Crippen LogP contribution in [0.3, 0.4) is 0 Å². The third-order valence-electron chi connectivity index (χ3n) is 12.7. The van der Waals surface area contributed by atoms with Gasteiger partial charge in [-0.25, -0.2) is 0 Å². The summed E-state index contributed by atoms with van der Waals surface area (Å²) < 4.78 is 9.86. The van der Waals surface area contributed by atoms with E-state index in [2.05, 4.69) is 226 Å². The van der Waals surface area contributed by atoms with Crippen molar-refractivity contribution in [3.05, 3.63) is 217 Å². The number of allylic oxidation sites excluding steroid dienone is 9. The van der Waals surface area contributed by atoms with Crippen LogP contribution in [0.4, 0.5) is 0 Å². The number of benzene rings is 6. The Morgan fingerprint density at radius 3 is 2.03 bits per heavy atom. The van der Waals surface area contributed by atoms with Crippen LogP contribution in [0.15, 0.2) is 195 Å². The van der Waals surface area contributed by atoms with E-state index in [1.165, 1.54) is 88.5 Å². The van der Waals surface area contributed by atoms with E-state index in [0.29, 0.717) is 0 Å². The minimum absolute atomic E-state index is 0.846. The van der Waals surface area contributed by atoms with Crippen molar-refractivity contribution in [1.82, 2.24) is 18.3 Å². The van der Waals surface area contributed by atoms with Crippen LogP contribution < -0.4 is 0 Å². The van der Waals surface area contributed by atoms with Crippen LogP contribution in [0.1, 0.15) is 29.4 Å². The van der Waals surface area contributed by atoms with Crippen molar-refractivity contribution in [2.24, 2.45) is 0 Å². The molecule has 2 aliphatic rings. The molecule has 61 heavy (non-hydrogen) atoms. The highest BCUT2D eigenvalue weighted by molar-refractivity contribution is 6.26. The van der Waals surface area contributed by atoms with Gasteiger partial charge in [0.2, 0.25) is 0 Å². The lowest BCUT2D eigenvalue weighted by atomic mass is 9.99. The van der Waals surface area contributed by atoms with E-state index in [-0.39, 0.29) is 0 Å². The normalized spacial score (nSPS) is 13.8. The van der Waals surface area contributed by atoms with E-state index in [4.69, 9.17) is 0 Å². The zero-order valence-electron chi connectivity index (χ0n) is 34.0. The number of hydrogen-bond donors (Lipinski definition) is 0. The highest BCUT2D eigenvalue weighted by Gasteiger charge is 2.30. The Morgan fingerprint density at radius 2 is 1.23 bits per heavy atom. The molecule has 0 amide bonds. The minimum Gasteiger partial charge on any atom is -0.310 e. The van der Waals surface area contributed by atoms with E-state index in [0.717, 1.165) is 35.4 Å². The van der Waals surface area contributed by atoms with E-state index in [1.54, 1.807) is 0 Å². The van der Waals surface area contributed by atoms with Crippen molar-refractivity contribution >= 4 is 72.4 Å². The molecule has 0 spiro atoms. The fraction of sp³-hybridized carbons (Fsp3) is 0.0526. The Morgan fingerprint density at radius 1 is 0.541 bits per heavy atom. The van der Waals surface area contributed by atoms with Crippen LogP contribution in [0.2, 0.25) is 0 Å². The molecule has 4 aromatic heterocycles. The summed E-state index contributed by atoms with van der Waals surface area (Å²) in [7, 11) is 0. The molecule has 2 aliphatic carbocycles. The fourth-order valence-electron chi connectivity index (χ4n) is 10.3. The maximum Gasteiger partial charge on any atom is 0.0641 e. The number of aromatic nitrogens is 4. The molecule has 0 unspecified atom stereocenters. The molecular weight excluding hydrogens is 741 g/mol. The maximum absolute atomic E-state index is 4.29. The smallest absolute Gasteiger partial charge is 0.0641 e. The second-order valence-electron chi connectivity index (χ2n) is 16.0. The molecule has 0 fully saturated rings. The third kappa shape index (κ3) is 5.12. The first kappa shape index (κ1) is 35.2. The van der Waals surface area contributed by atoms with Gasteiger partial charge in [-0.3, -0.25) is 0 Å². The molecule has 12 rings (SSSR count). The van der Waals surface area contributed by atoms with Crippen molar-refractivity contribution in [2.75, 3.05) is 0 Å². The Hall–Kier alpha value is -7.82. The van der Waals surface area contributed by atoms with Gasteiger partial charge < -0.3 is 18.3 Å². The third-order valence-corrected chi connectivity index (χ3v) is 12.7. The predicted octanol–water partition coefficient (Wildman–Crippen LogP) is 14.6. The van der Waals surface area contributed by atoms with Crippen LogP contribution in [0.25, 0.3) is 101 Å². The molecule has 0 radical (unpaired) electrons. The first-order valence-electron chi connectivity index (χ1n) is 21.2. The van der Waals surface area contributed by atoms with Crippen molar-refractivity contribution in [2.45, 2.75) is 19.8 Å². The maximum atomic E-state index is 4.29. The van der Waals surface area contributed by atoms with Crippen LogP contribution in [0, 0.1) is 0 Å². The summed E-state index contributed by atoms with van der Waals surface area (Å²) in [5, 5.41) is 6.19. The van der Waals surface area contributed by atoms with Crippen molar-refractivity contribution < 1.29 is 0 Å². The Labute approximate surface area is 354 Å². The largest absolute Gasteiger partial charge is 0.310 e. The predicted molar refractivity (Wildman–Crippen MR) is 259 cm³/mol. The van der Waals surface area contributed by atoms with Crippen molar-refractivity contribution in [1.29, 1.82) is 0 Å². The summed E-state index contributed by atoms with van der Waals surface area (Å²) in [5.41, 5.74) is 18.1. The number of fused-ring (bicyclic) bond motifs is 14. The molecule has 0 saturated carbocycles. The highest BCUT2D eigenvalue weighted by Crippen LogP contribution is 2.47. The topological polar surface area (TPSA) is 19.7 Å². The Balaban J connectivity index is 1.15. The quantitative estimate of drug-likeness (QED) is 0.150. The molecule has 0 aliphatic heterocycles. The molecule has 0 atom stereocenters. The van der Waals surface area contributed by atoms with Gasteiger partial charge >= 0.3 is 0 Å². The van der Waals surface area contributed by atoms with Crippen LogP contribution in [-0.4, -0.2) is 18.3 Å². The van der Waals surface area contributed by atoms with E-state index < -0.39 is 0 Å². The summed E-state index contributed by atoms with van der Waals surface area (Å²) in [5.74, 6) is 0. The average molecular weight is 783 g/mol. The van der Waals surface area contributed by atoms with Gasteiger partial charge in [0.15, 0.2) is 0 Å². The Bertz CT molecular complexity index is 3600. The molecule has 4 heterocycles. The van der Waals surface area contributed by atoms with Gasteiger partial charge in [0, 0.05) is 55.3 Å². The van der Waals surface area contributed by atoms with Gasteiger partial charge in [0.1, 0.15) is 0 Å². The number of hydrogen-bond acceptors (Lipinski definition) is 0. The molecule has 290 valence electrons. The van der Waals surface area contributed by atoms with E-state index in [1.807, 2.05) is 6.08 Å². The number of rotatable bonds is 6. The summed E-state index contributed by atoms with van der Waals surface area (Å²) >= 11 is 0.